The quantitative estimate of drug-likeness (QED) is 0.903. The van der Waals surface area contributed by atoms with Crippen LogP contribution in [0.25, 0.3) is 0 Å². The Morgan fingerprint density at radius 2 is 2.04 bits per heavy atom. The third-order valence-corrected chi connectivity index (χ3v) is 6.66. The lowest BCUT2D eigenvalue weighted by atomic mass is 10.0. The molecule has 0 radical (unpaired) electrons. The van der Waals surface area contributed by atoms with Crippen LogP contribution < -0.4 is 5.32 Å². The summed E-state index contributed by atoms with van der Waals surface area (Å²) >= 11 is 1.31. The van der Waals surface area contributed by atoms with Gasteiger partial charge in [-0.1, -0.05) is 24.1 Å². The number of sulfonamides is 1. The first-order valence-corrected chi connectivity index (χ1v) is 10.1. The summed E-state index contributed by atoms with van der Waals surface area (Å²) in [6.07, 6.45) is 3.70. The molecule has 128 valence electrons. The van der Waals surface area contributed by atoms with Crippen LogP contribution in [0.4, 0.5) is 5.13 Å². The Morgan fingerprint density at radius 3 is 2.71 bits per heavy atom. The van der Waals surface area contributed by atoms with Crippen LogP contribution in [0.1, 0.15) is 24.8 Å². The van der Waals surface area contributed by atoms with Gasteiger partial charge in [0.05, 0.1) is 4.90 Å². The minimum Gasteiger partial charge on any atom is -0.301 e. The number of benzene rings is 1. The molecule has 1 fully saturated rings. The number of hydrogen-bond donors (Lipinski definition) is 1. The number of piperidine rings is 1. The van der Waals surface area contributed by atoms with Gasteiger partial charge in [-0.05, 0) is 31.9 Å². The van der Waals surface area contributed by atoms with Crippen molar-refractivity contribution in [2.75, 3.05) is 11.9 Å². The zero-order valence-corrected chi connectivity index (χ0v) is 14.9. The average Bonchev–Trinajstić information content (AvgIpc) is 3.08. The molecule has 8 heteroatoms. The molecule has 1 atom stereocenters. The van der Waals surface area contributed by atoms with E-state index in [1.54, 1.807) is 35.8 Å². The van der Waals surface area contributed by atoms with Crippen molar-refractivity contribution < 1.29 is 13.2 Å². The van der Waals surface area contributed by atoms with Gasteiger partial charge in [0.1, 0.15) is 6.04 Å². The molecule has 0 unspecified atom stereocenters. The van der Waals surface area contributed by atoms with E-state index in [2.05, 4.69) is 10.3 Å². The molecule has 0 aliphatic carbocycles. The normalized spacial score (nSPS) is 19.1. The molecule has 0 spiro atoms. The van der Waals surface area contributed by atoms with E-state index < -0.39 is 16.1 Å². The molecule has 0 bridgehead atoms. The van der Waals surface area contributed by atoms with Crippen molar-refractivity contribution in [3.63, 3.8) is 0 Å². The summed E-state index contributed by atoms with van der Waals surface area (Å²) in [4.78, 5) is 16.8. The van der Waals surface area contributed by atoms with Crippen LogP contribution in [-0.2, 0) is 14.8 Å². The molecule has 1 aliphatic heterocycles. The summed E-state index contributed by atoms with van der Waals surface area (Å²) in [6, 6.07) is 6.02. The maximum Gasteiger partial charge on any atom is 0.244 e. The predicted octanol–water partition coefficient (Wildman–Crippen LogP) is 2.63. The largest absolute Gasteiger partial charge is 0.301 e. The summed E-state index contributed by atoms with van der Waals surface area (Å²) in [5.74, 6) is -0.319. The molecular formula is C16H19N3O3S2. The van der Waals surface area contributed by atoms with Gasteiger partial charge >= 0.3 is 0 Å². The first kappa shape index (κ1) is 17.1. The van der Waals surface area contributed by atoms with E-state index in [0.29, 0.717) is 18.1 Å². The van der Waals surface area contributed by atoms with Crippen LogP contribution in [0.3, 0.4) is 0 Å². The van der Waals surface area contributed by atoms with Gasteiger partial charge in [-0.15, -0.1) is 11.3 Å². The highest BCUT2D eigenvalue weighted by Crippen LogP contribution is 2.26. The number of aryl methyl sites for hydroxylation is 1. The van der Waals surface area contributed by atoms with Crippen molar-refractivity contribution in [2.45, 2.75) is 37.1 Å². The number of hydrogen-bond acceptors (Lipinski definition) is 5. The summed E-state index contributed by atoms with van der Waals surface area (Å²) in [6.45, 7) is 2.26. The Labute approximate surface area is 145 Å². The second-order valence-electron chi connectivity index (χ2n) is 5.77. The molecule has 2 heterocycles. The van der Waals surface area contributed by atoms with Crippen molar-refractivity contribution >= 4 is 32.4 Å². The summed E-state index contributed by atoms with van der Waals surface area (Å²) in [5, 5.41) is 4.96. The molecule has 1 saturated heterocycles. The van der Waals surface area contributed by atoms with Crippen LogP contribution in [0.5, 0.6) is 0 Å². The maximum absolute atomic E-state index is 12.9. The van der Waals surface area contributed by atoms with E-state index in [-0.39, 0.29) is 10.8 Å². The Hall–Kier alpha value is -1.77. The lowest BCUT2D eigenvalue weighted by molar-refractivity contribution is -0.120. The summed E-state index contributed by atoms with van der Waals surface area (Å²) in [7, 11) is -3.70. The number of carbonyl (C=O) groups is 1. The maximum atomic E-state index is 12.9. The van der Waals surface area contributed by atoms with Gasteiger partial charge in [-0.3, -0.25) is 4.79 Å². The molecule has 24 heavy (non-hydrogen) atoms. The highest BCUT2D eigenvalue weighted by Gasteiger charge is 2.37. The van der Waals surface area contributed by atoms with Gasteiger partial charge in [0, 0.05) is 18.1 Å². The molecule has 0 saturated carbocycles. The van der Waals surface area contributed by atoms with Crippen molar-refractivity contribution in [3.8, 4) is 0 Å². The molecule has 1 aromatic heterocycles. The summed E-state index contributed by atoms with van der Waals surface area (Å²) in [5.41, 5.74) is 0.991. The van der Waals surface area contributed by atoms with E-state index in [0.717, 1.165) is 18.4 Å². The minimum atomic E-state index is -3.70. The van der Waals surface area contributed by atoms with Crippen molar-refractivity contribution in [3.05, 3.63) is 41.4 Å². The van der Waals surface area contributed by atoms with Crippen LogP contribution in [0.15, 0.2) is 40.7 Å². The molecule has 2 aromatic rings. The van der Waals surface area contributed by atoms with Crippen molar-refractivity contribution in [1.82, 2.24) is 9.29 Å². The Morgan fingerprint density at radius 1 is 1.29 bits per heavy atom. The molecular weight excluding hydrogens is 346 g/mol. The van der Waals surface area contributed by atoms with Gasteiger partial charge in [-0.2, -0.15) is 4.31 Å². The molecule has 1 amide bonds. The Balaban J connectivity index is 1.85. The average molecular weight is 365 g/mol. The zero-order chi connectivity index (χ0) is 17.2. The van der Waals surface area contributed by atoms with E-state index in [4.69, 9.17) is 0 Å². The third-order valence-electron chi connectivity index (χ3n) is 4.05. The number of carbonyl (C=O) groups excluding carboxylic acids is 1. The fourth-order valence-electron chi connectivity index (χ4n) is 2.77. The topological polar surface area (TPSA) is 79.4 Å². The summed E-state index contributed by atoms with van der Waals surface area (Å²) < 4.78 is 27.2. The molecule has 6 nitrogen and oxygen atoms in total. The molecule has 1 aromatic carbocycles. The van der Waals surface area contributed by atoms with Crippen LogP contribution in [0.2, 0.25) is 0 Å². The number of thiazole rings is 1. The fraction of sp³-hybridized carbons (Fsp3) is 0.375. The van der Waals surface area contributed by atoms with Crippen LogP contribution >= 0.6 is 11.3 Å². The smallest absolute Gasteiger partial charge is 0.244 e. The standard InChI is InChI=1S/C16H19N3O3S2/c1-12-5-7-13(8-6-12)24(21,22)19-10-3-2-4-14(19)15(20)18-16-17-9-11-23-16/h5-9,11,14H,2-4,10H2,1H3,(H,17,18,20)/t14-/m1/s1. The van der Waals surface area contributed by atoms with Crippen LogP contribution in [0, 0.1) is 6.92 Å². The number of nitrogens with one attached hydrogen (secondary N) is 1. The van der Waals surface area contributed by atoms with Gasteiger partial charge in [0.2, 0.25) is 15.9 Å². The Bertz CT molecular complexity index is 802. The zero-order valence-electron chi connectivity index (χ0n) is 13.3. The monoisotopic (exact) mass is 365 g/mol. The first-order chi connectivity index (χ1) is 11.5. The lowest BCUT2D eigenvalue weighted by Gasteiger charge is -2.33. The van der Waals surface area contributed by atoms with E-state index in [1.807, 2.05) is 6.92 Å². The van der Waals surface area contributed by atoms with E-state index in [9.17, 15) is 13.2 Å². The predicted molar refractivity (Wildman–Crippen MR) is 93.5 cm³/mol. The van der Waals surface area contributed by atoms with E-state index in [1.165, 1.54) is 15.6 Å². The Kier molecular flexibility index (Phi) is 4.98. The molecule has 3 rings (SSSR count). The number of anilines is 1. The van der Waals surface area contributed by atoms with Gasteiger partial charge < -0.3 is 5.32 Å². The van der Waals surface area contributed by atoms with Gasteiger partial charge in [0.15, 0.2) is 5.13 Å². The number of aromatic nitrogens is 1. The molecule has 1 aliphatic rings. The number of nitrogens with zero attached hydrogens (tertiary/aromatic N) is 2. The number of rotatable bonds is 4. The van der Waals surface area contributed by atoms with Crippen LogP contribution in [-0.4, -0.2) is 36.2 Å². The SMILES string of the molecule is Cc1ccc(S(=O)(=O)N2CCCC[C@@H]2C(=O)Nc2nccs2)cc1. The first-order valence-electron chi connectivity index (χ1n) is 7.77. The third kappa shape index (κ3) is 3.50. The van der Waals surface area contributed by atoms with Crippen molar-refractivity contribution in [2.24, 2.45) is 0 Å². The van der Waals surface area contributed by atoms with Gasteiger partial charge in [0.25, 0.3) is 0 Å². The highest BCUT2D eigenvalue weighted by molar-refractivity contribution is 7.89. The second kappa shape index (κ2) is 7.00. The molecule has 1 N–H and O–H groups in total. The minimum absolute atomic E-state index is 0.224. The number of amides is 1. The van der Waals surface area contributed by atoms with Crippen molar-refractivity contribution in [1.29, 1.82) is 0 Å². The fourth-order valence-corrected chi connectivity index (χ4v) is 4.96. The van der Waals surface area contributed by atoms with Gasteiger partial charge in [-0.25, -0.2) is 13.4 Å². The second-order valence-corrected chi connectivity index (χ2v) is 8.55. The lowest BCUT2D eigenvalue weighted by Crippen LogP contribution is -2.49. The van der Waals surface area contributed by atoms with E-state index >= 15 is 0 Å². The highest BCUT2D eigenvalue weighted by atomic mass is 32.2.